The third-order valence-electron chi connectivity index (χ3n) is 1.95. The van der Waals surface area contributed by atoms with Gasteiger partial charge in [-0.3, -0.25) is 4.79 Å². The van der Waals surface area contributed by atoms with E-state index < -0.39 is 0 Å². The molecule has 1 rings (SSSR count). The van der Waals surface area contributed by atoms with E-state index in [1.54, 1.807) is 6.07 Å². The second-order valence-corrected chi connectivity index (χ2v) is 4.44. The molecule has 1 aromatic carbocycles. The molecule has 0 saturated carbocycles. The monoisotopic (exact) mass is 280 g/mol. The molecule has 0 N–H and O–H groups in total. The number of ether oxygens (including phenoxy) is 1. The Morgan fingerprint density at radius 1 is 1.25 bits per heavy atom. The molecule has 0 aromatic heterocycles. The van der Waals surface area contributed by atoms with E-state index in [0.29, 0.717) is 11.4 Å². The maximum Gasteiger partial charge on any atom is 0.311 e. The van der Waals surface area contributed by atoms with Crippen LogP contribution in [0.1, 0.15) is 26.2 Å². The van der Waals surface area contributed by atoms with Crippen LogP contribution >= 0.6 is 34.8 Å². The van der Waals surface area contributed by atoms with E-state index in [-0.39, 0.29) is 21.8 Å². The van der Waals surface area contributed by atoms with Crippen molar-refractivity contribution in [3.63, 3.8) is 0 Å². The summed E-state index contributed by atoms with van der Waals surface area (Å²) in [6.45, 7) is 1.99. The van der Waals surface area contributed by atoms with Gasteiger partial charge in [0.05, 0.1) is 10.0 Å². The number of carbonyl (C=O) groups is 1. The number of halogens is 3. The summed E-state index contributed by atoms with van der Waals surface area (Å²) in [6.07, 6.45) is 2.04. The third-order valence-corrected chi connectivity index (χ3v) is 3.04. The van der Waals surface area contributed by atoms with Gasteiger partial charge in [0.1, 0.15) is 5.02 Å². The zero-order chi connectivity index (χ0) is 12.1. The van der Waals surface area contributed by atoms with Crippen LogP contribution in [0.3, 0.4) is 0 Å². The first-order valence-electron chi connectivity index (χ1n) is 4.90. The van der Waals surface area contributed by atoms with E-state index in [9.17, 15) is 4.79 Å². The molecule has 0 aliphatic rings. The lowest BCUT2D eigenvalue weighted by Crippen LogP contribution is -2.08. The quantitative estimate of drug-likeness (QED) is 0.452. The van der Waals surface area contributed by atoms with Gasteiger partial charge >= 0.3 is 5.97 Å². The van der Waals surface area contributed by atoms with E-state index in [1.807, 2.05) is 6.92 Å². The number of hydrogen-bond donors (Lipinski definition) is 0. The van der Waals surface area contributed by atoms with Gasteiger partial charge in [-0.25, -0.2) is 0 Å². The number of esters is 1. The lowest BCUT2D eigenvalue weighted by Gasteiger charge is -2.08. The van der Waals surface area contributed by atoms with Crippen molar-refractivity contribution in [2.75, 3.05) is 0 Å². The first-order valence-corrected chi connectivity index (χ1v) is 6.03. The summed E-state index contributed by atoms with van der Waals surface area (Å²) in [6, 6.07) is 3.09. The molecule has 0 aliphatic carbocycles. The van der Waals surface area contributed by atoms with Gasteiger partial charge in [-0.2, -0.15) is 0 Å². The van der Waals surface area contributed by atoms with Crippen molar-refractivity contribution in [2.24, 2.45) is 0 Å². The largest absolute Gasteiger partial charge is 0.423 e. The summed E-state index contributed by atoms with van der Waals surface area (Å²) in [5.74, 6) is -0.218. The van der Waals surface area contributed by atoms with Gasteiger partial charge < -0.3 is 4.74 Å². The molecular weight excluding hydrogens is 270 g/mol. The van der Waals surface area contributed by atoms with E-state index in [4.69, 9.17) is 39.5 Å². The summed E-state index contributed by atoms with van der Waals surface area (Å²) in [4.78, 5) is 11.4. The number of rotatable bonds is 4. The Bertz CT molecular complexity index is 391. The summed E-state index contributed by atoms with van der Waals surface area (Å²) in [5, 5.41) is 0.752. The zero-order valence-corrected chi connectivity index (χ0v) is 11.0. The highest BCUT2D eigenvalue weighted by Crippen LogP contribution is 2.38. The lowest BCUT2D eigenvalue weighted by molar-refractivity contribution is -0.134. The van der Waals surface area contributed by atoms with Gasteiger partial charge in [-0.15, -0.1) is 0 Å². The Kier molecular flexibility index (Phi) is 5.39. The van der Waals surface area contributed by atoms with Crippen LogP contribution in [0.4, 0.5) is 0 Å². The van der Waals surface area contributed by atoms with Crippen LogP contribution in [0.2, 0.25) is 15.1 Å². The minimum atomic E-state index is -0.354. The zero-order valence-electron chi connectivity index (χ0n) is 8.73. The molecule has 2 nitrogen and oxygen atoms in total. The van der Waals surface area contributed by atoms with E-state index in [0.717, 1.165) is 12.8 Å². The van der Waals surface area contributed by atoms with E-state index in [2.05, 4.69) is 0 Å². The van der Waals surface area contributed by atoms with Gasteiger partial charge in [-0.1, -0.05) is 48.1 Å². The molecule has 0 amide bonds. The minimum Gasteiger partial charge on any atom is -0.423 e. The summed E-state index contributed by atoms with van der Waals surface area (Å²) >= 11 is 17.5. The molecule has 0 bridgehead atoms. The van der Waals surface area contributed by atoms with Crippen molar-refractivity contribution in [3.8, 4) is 5.75 Å². The molecule has 0 heterocycles. The molecule has 0 spiro atoms. The molecule has 0 atom stereocenters. The lowest BCUT2D eigenvalue weighted by atomic mass is 10.2. The fraction of sp³-hybridized carbons (Fsp3) is 0.364. The van der Waals surface area contributed by atoms with Crippen molar-refractivity contribution in [1.29, 1.82) is 0 Å². The average molecular weight is 282 g/mol. The molecule has 88 valence electrons. The van der Waals surface area contributed by atoms with Crippen LogP contribution in [0, 0.1) is 0 Å². The van der Waals surface area contributed by atoms with E-state index >= 15 is 0 Å². The number of unbranched alkanes of at least 4 members (excludes halogenated alkanes) is 1. The first-order chi connectivity index (χ1) is 7.56. The van der Waals surface area contributed by atoms with Crippen molar-refractivity contribution < 1.29 is 9.53 Å². The van der Waals surface area contributed by atoms with Crippen molar-refractivity contribution in [3.05, 3.63) is 27.2 Å². The summed E-state index contributed by atoms with van der Waals surface area (Å²) in [7, 11) is 0. The van der Waals surface area contributed by atoms with Crippen molar-refractivity contribution in [2.45, 2.75) is 26.2 Å². The highest BCUT2D eigenvalue weighted by molar-refractivity contribution is 6.44. The smallest absolute Gasteiger partial charge is 0.311 e. The van der Waals surface area contributed by atoms with Gasteiger partial charge in [0.15, 0.2) is 5.75 Å². The van der Waals surface area contributed by atoms with E-state index in [1.165, 1.54) is 6.07 Å². The highest BCUT2D eigenvalue weighted by atomic mass is 35.5. The molecule has 1 aromatic rings. The van der Waals surface area contributed by atoms with Gasteiger partial charge in [0, 0.05) is 6.42 Å². The van der Waals surface area contributed by atoms with Crippen LogP contribution in [-0.4, -0.2) is 5.97 Å². The number of benzene rings is 1. The molecule has 0 saturated heterocycles. The standard InChI is InChI=1S/C11H11Cl3O2/c1-2-3-4-9(15)16-11-8(13)6-5-7(12)10(11)14/h5-6H,2-4H2,1H3. The van der Waals surface area contributed by atoms with Crippen LogP contribution in [0.15, 0.2) is 12.1 Å². The fourth-order valence-corrected chi connectivity index (χ4v) is 1.68. The Hall–Kier alpha value is -0.440. The molecular formula is C11H11Cl3O2. The Balaban J connectivity index is 2.80. The maximum absolute atomic E-state index is 11.4. The predicted octanol–water partition coefficient (Wildman–Crippen LogP) is 4.74. The second kappa shape index (κ2) is 6.33. The number of carbonyl (C=O) groups excluding carboxylic acids is 1. The van der Waals surface area contributed by atoms with Crippen LogP contribution < -0.4 is 4.74 Å². The SMILES string of the molecule is CCCCC(=O)Oc1c(Cl)ccc(Cl)c1Cl. The molecule has 5 heteroatoms. The van der Waals surface area contributed by atoms with Crippen LogP contribution in [0.25, 0.3) is 0 Å². The summed E-state index contributed by atoms with van der Waals surface area (Å²) in [5.41, 5.74) is 0. The first kappa shape index (κ1) is 13.6. The third kappa shape index (κ3) is 3.55. The molecule has 0 aliphatic heterocycles. The molecule has 0 radical (unpaired) electrons. The molecule has 0 fully saturated rings. The molecule has 16 heavy (non-hydrogen) atoms. The normalized spacial score (nSPS) is 10.2. The van der Waals surface area contributed by atoms with Gasteiger partial charge in [0.25, 0.3) is 0 Å². The fourth-order valence-electron chi connectivity index (χ4n) is 1.09. The maximum atomic E-state index is 11.4. The molecule has 0 unspecified atom stereocenters. The Morgan fingerprint density at radius 3 is 2.50 bits per heavy atom. The van der Waals surface area contributed by atoms with Crippen molar-refractivity contribution >= 4 is 40.8 Å². The van der Waals surface area contributed by atoms with Gasteiger partial charge in [-0.05, 0) is 18.6 Å². The Morgan fingerprint density at radius 2 is 1.88 bits per heavy atom. The predicted molar refractivity (Wildman–Crippen MR) is 66.6 cm³/mol. The van der Waals surface area contributed by atoms with Crippen LogP contribution in [0.5, 0.6) is 5.75 Å². The van der Waals surface area contributed by atoms with Crippen molar-refractivity contribution in [1.82, 2.24) is 0 Å². The minimum absolute atomic E-state index is 0.136. The van der Waals surface area contributed by atoms with Crippen LogP contribution in [-0.2, 0) is 4.79 Å². The summed E-state index contributed by atoms with van der Waals surface area (Å²) < 4.78 is 5.07. The topological polar surface area (TPSA) is 26.3 Å². The highest BCUT2D eigenvalue weighted by Gasteiger charge is 2.14. The number of hydrogen-bond acceptors (Lipinski definition) is 2. The average Bonchev–Trinajstić information content (AvgIpc) is 2.27. The Labute approximate surface area is 109 Å². The second-order valence-electron chi connectivity index (χ2n) is 3.25. The van der Waals surface area contributed by atoms with Gasteiger partial charge in [0.2, 0.25) is 0 Å².